The van der Waals surface area contributed by atoms with Gasteiger partial charge in [0.05, 0.1) is 6.42 Å². The molecule has 108 valence electrons. The van der Waals surface area contributed by atoms with Gasteiger partial charge in [-0.3, -0.25) is 4.79 Å². The minimum atomic E-state index is 0.0832. The molecule has 1 aliphatic rings. The van der Waals surface area contributed by atoms with Crippen molar-refractivity contribution in [3.8, 4) is 0 Å². The number of benzene rings is 2. The van der Waals surface area contributed by atoms with Crippen LogP contribution in [0.25, 0.3) is 0 Å². The van der Waals surface area contributed by atoms with Crippen molar-refractivity contribution >= 4 is 5.91 Å². The molecular formula is C18H20N2O. The third-order valence-corrected chi connectivity index (χ3v) is 4.13. The van der Waals surface area contributed by atoms with E-state index in [-0.39, 0.29) is 5.91 Å². The number of nitrogens with two attached hydrogens (primary N) is 1. The lowest BCUT2D eigenvalue weighted by atomic mass is 9.77. The van der Waals surface area contributed by atoms with E-state index in [1.807, 2.05) is 24.3 Å². The monoisotopic (exact) mass is 280 g/mol. The maximum atomic E-state index is 12.0. The minimum Gasteiger partial charge on any atom is -0.355 e. The maximum Gasteiger partial charge on any atom is 0.224 e. The van der Waals surface area contributed by atoms with Crippen LogP contribution in [0.2, 0.25) is 0 Å². The van der Waals surface area contributed by atoms with E-state index >= 15 is 0 Å². The third kappa shape index (κ3) is 3.14. The smallest absolute Gasteiger partial charge is 0.224 e. The van der Waals surface area contributed by atoms with Crippen LogP contribution >= 0.6 is 0 Å². The number of carbonyl (C=O) groups excluding carboxylic acids is 1. The molecule has 1 aliphatic carbocycles. The Bertz CT molecular complexity index is 634. The molecule has 0 radical (unpaired) electrons. The predicted molar refractivity (Wildman–Crippen MR) is 83.9 cm³/mol. The van der Waals surface area contributed by atoms with Gasteiger partial charge in [-0.25, -0.2) is 0 Å². The highest BCUT2D eigenvalue weighted by molar-refractivity contribution is 5.78. The van der Waals surface area contributed by atoms with Crippen LogP contribution in [-0.2, 0) is 24.2 Å². The number of rotatable bonds is 5. The fourth-order valence-electron chi connectivity index (χ4n) is 2.82. The first kappa shape index (κ1) is 13.8. The van der Waals surface area contributed by atoms with E-state index in [9.17, 15) is 4.79 Å². The van der Waals surface area contributed by atoms with Crippen molar-refractivity contribution in [2.45, 2.75) is 25.3 Å². The molecule has 0 fully saturated rings. The van der Waals surface area contributed by atoms with E-state index in [0.717, 1.165) is 24.1 Å². The topological polar surface area (TPSA) is 55.1 Å². The van der Waals surface area contributed by atoms with E-state index in [2.05, 4.69) is 29.6 Å². The van der Waals surface area contributed by atoms with Crippen LogP contribution in [0.15, 0.2) is 48.5 Å². The highest BCUT2D eigenvalue weighted by atomic mass is 16.1. The Morgan fingerprint density at radius 2 is 1.81 bits per heavy atom. The van der Waals surface area contributed by atoms with Crippen LogP contribution < -0.4 is 11.1 Å². The van der Waals surface area contributed by atoms with E-state index in [0.29, 0.717) is 18.9 Å². The number of amides is 1. The Labute approximate surface area is 125 Å². The van der Waals surface area contributed by atoms with Crippen molar-refractivity contribution < 1.29 is 4.79 Å². The fraction of sp³-hybridized carbons (Fsp3) is 0.278. The highest BCUT2D eigenvalue weighted by Crippen LogP contribution is 2.33. The predicted octanol–water partition coefficient (Wildman–Crippen LogP) is 2.14. The summed E-state index contributed by atoms with van der Waals surface area (Å²) in [6.07, 6.45) is 1.50. The zero-order valence-corrected chi connectivity index (χ0v) is 12.0. The molecule has 3 nitrogen and oxygen atoms in total. The summed E-state index contributed by atoms with van der Waals surface area (Å²) >= 11 is 0. The first-order valence-electron chi connectivity index (χ1n) is 7.38. The Kier molecular flexibility index (Phi) is 4.02. The second-order valence-electron chi connectivity index (χ2n) is 5.60. The largest absolute Gasteiger partial charge is 0.355 e. The summed E-state index contributed by atoms with van der Waals surface area (Å²) in [6, 6.07) is 16.3. The van der Waals surface area contributed by atoms with Gasteiger partial charge in [0.25, 0.3) is 0 Å². The SMILES string of the molecule is NCc1ccc(CC(=O)NCC2Cc3ccccc32)cc1. The molecule has 2 aromatic carbocycles. The van der Waals surface area contributed by atoms with Crippen molar-refractivity contribution in [1.29, 1.82) is 0 Å². The first-order chi connectivity index (χ1) is 10.3. The summed E-state index contributed by atoms with van der Waals surface area (Å²) in [4.78, 5) is 12.0. The standard InChI is InChI=1S/C18H20N2O/c19-11-14-7-5-13(6-8-14)9-18(21)20-12-16-10-15-3-1-2-4-17(15)16/h1-8,16H,9-12,19H2,(H,20,21). The van der Waals surface area contributed by atoms with Crippen molar-refractivity contribution in [3.05, 3.63) is 70.8 Å². The number of fused-ring (bicyclic) bond motifs is 1. The van der Waals surface area contributed by atoms with Crippen LogP contribution in [0.5, 0.6) is 0 Å². The van der Waals surface area contributed by atoms with Crippen molar-refractivity contribution in [2.24, 2.45) is 5.73 Å². The first-order valence-corrected chi connectivity index (χ1v) is 7.38. The van der Waals surface area contributed by atoms with E-state index in [1.54, 1.807) is 0 Å². The molecule has 1 unspecified atom stereocenters. The number of carbonyl (C=O) groups is 1. The quantitative estimate of drug-likeness (QED) is 0.881. The molecule has 0 heterocycles. The number of hydrogen-bond acceptors (Lipinski definition) is 2. The van der Waals surface area contributed by atoms with Gasteiger partial charge in [0, 0.05) is 19.0 Å². The average Bonchev–Trinajstić information content (AvgIpc) is 2.49. The lowest BCUT2D eigenvalue weighted by molar-refractivity contribution is -0.120. The molecule has 0 aromatic heterocycles. The van der Waals surface area contributed by atoms with E-state index in [1.165, 1.54) is 11.1 Å². The molecule has 3 N–H and O–H groups in total. The van der Waals surface area contributed by atoms with Gasteiger partial charge in [0.1, 0.15) is 0 Å². The molecule has 1 amide bonds. The van der Waals surface area contributed by atoms with E-state index in [4.69, 9.17) is 5.73 Å². The Hall–Kier alpha value is -2.13. The second kappa shape index (κ2) is 6.10. The lowest BCUT2D eigenvalue weighted by Crippen LogP contribution is -2.33. The summed E-state index contributed by atoms with van der Waals surface area (Å²) in [5.41, 5.74) is 10.5. The molecule has 0 aliphatic heterocycles. The van der Waals surface area contributed by atoms with Crippen molar-refractivity contribution in [2.75, 3.05) is 6.54 Å². The van der Waals surface area contributed by atoms with Gasteiger partial charge in [-0.1, -0.05) is 48.5 Å². The summed E-state index contributed by atoms with van der Waals surface area (Å²) in [7, 11) is 0. The zero-order chi connectivity index (χ0) is 14.7. The summed E-state index contributed by atoms with van der Waals surface area (Å²) in [6.45, 7) is 1.27. The molecule has 21 heavy (non-hydrogen) atoms. The van der Waals surface area contributed by atoms with Gasteiger partial charge < -0.3 is 11.1 Å². The molecule has 1 atom stereocenters. The number of hydrogen-bond donors (Lipinski definition) is 2. The van der Waals surface area contributed by atoms with Gasteiger partial charge in [0.15, 0.2) is 0 Å². The molecule has 0 bridgehead atoms. The maximum absolute atomic E-state index is 12.0. The van der Waals surface area contributed by atoms with Gasteiger partial charge in [-0.15, -0.1) is 0 Å². The average molecular weight is 280 g/mol. The summed E-state index contributed by atoms with van der Waals surface area (Å²) in [5.74, 6) is 0.560. The minimum absolute atomic E-state index is 0.0832. The zero-order valence-electron chi connectivity index (χ0n) is 12.0. The molecular weight excluding hydrogens is 260 g/mol. The van der Waals surface area contributed by atoms with Gasteiger partial charge in [0.2, 0.25) is 5.91 Å². The Morgan fingerprint density at radius 3 is 2.52 bits per heavy atom. The van der Waals surface area contributed by atoms with Crippen LogP contribution in [0.4, 0.5) is 0 Å². The van der Waals surface area contributed by atoms with Crippen LogP contribution in [0.1, 0.15) is 28.2 Å². The fourth-order valence-corrected chi connectivity index (χ4v) is 2.82. The molecule has 0 spiro atoms. The van der Waals surface area contributed by atoms with Crippen LogP contribution in [0.3, 0.4) is 0 Å². The number of nitrogens with one attached hydrogen (secondary N) is 1. The van der Waals surface area contributed by atoms with Gasteiger partial charge >= 0.3 is 0 Å². The highest BCUT2D eigenvalue weighted by Gasteiger charge is 2.25. The van der Waals surface area contributed by atoms with Gasteiger partial charge in [-0.2, -0.15) is 0 Å². The molecule has 3 rings (SSSR count). The second-order valence-corrected chi connectivity index (χ2v) is 5.60. The molecule has 0 saturated carbocycles. The Morgan fingerprint density at radius 1 is 1.10 bits per heavy atom. The Balaban J connectivity index is 1.49. The lowest BCUT2D eigenvalue weighted by Gasteiger charge is -2.30. The molecule has 2 aromatic rings. The van der Waals surface area contributed by atoms with Crippen molar-refractivity contribution in [3.63, 3.8) is 0 Å². The van der Waals surface area contributed by atoms with E-state index < -0.39 is 0 Å². The molecule has 3 heteroatoms. The van der Waals surface area contributed by atoms with Crippen molar-refractivity contribution in [1.82, 2.24) is 5.32 Å². The van der Waals surface area contributed by atoms with Gasteiger partial charge in [-0.05, 0) is 28.7 Å². The normalized spacial score (nSPS) is 16.0. The third-order valence-electron chi connectivity index (χ3n) is 4.13. The van der Waals surface area contributed by atoms with Crippen LogP contribution in [-0.4, -0.2) is 12.5 Å². The molecule has 0 saturated heterocycles. The summed E-state index contributed by atoms with van der Waals surface area (Å²) in [5, 5.41) is 3.04. The van der Waals surface area contributed by atoms with Crippen LogP contribution in [0, 0.1) is 0 Å². The summed E-state index contributed by atoms with van der Waals surface area (Å²) < 4.78 is 0.